The van der Waals surface area contributed by atoms with E-state index in [2.05, 4.69) is 29.2 Å². The molecule has 0 bridgehead atoms. The Balaban J connectivity index is 1.71. The Labute approximate surface area is 111 Å². The molecule has 2 fully saturated rings. The van der Waals surface area contributed by atoms with Crippen molar-refractivity contribution in [1.29, 1.82) is 0 Å². The Morgan fingerprint density at radius 1 is 1.35 bits per heavy atom. The first-order valence-electron chi connectivity index (χ1n) is 6.85. The van der Waals surface area contributed by atoms with E-state index >= 15 is 0 Å². The monoisotopic (exact) mass is 255 g/mol. The van der Waals surface area contributed by atoms with E-state index in [0.717, 1.165) is 17.6 Å². The van der Waals surface area contributed by atoms with Gasteiger partial charge < -0.3 is 15.1 Å². The van der Waals surface area contributed by atoms with Crippen molar-refractivity contribution in [1.82, 2.24) is 15.1 Å². The van der Waals surface area contributed by atoms with Gasteiger partial charge in [0.2, 0.25) is 0 Å². The zero-order chi connectivity index (χ0) is 12.3. The van der Waals surface area contributed by atoms with Gasteiger partial charge in [0.1, 0.15) is 0 Å². The average Bonchev–Trinajstić information content (AvgIpc) is 2.90. The van der Waals surface area contributed by atoms with E-state index in [-0.39, 0.29) is 0 Å². The maximum absolute atomic E-state index is 5.48. The summed E-state index contributed by atoms with van der Waals surface area (Å²) in [6, 6.07) is 0.635. The van der Waals surface area contributed by atoms with Gasteiger partial charge in [-0.2, -0.15) is 0 Å². The van der Waals surface area contributed by atoms with Gasteiger partial charge in [-0.3, -0.25) is 0 Å². The molecule has 1 saturated heterocycles. The summed E-state index contributed by atoms with van der Waals surface area (Å²) in [5, 5.41) is 4.46. The number of likely N-dealkylation sites (tertiary alicyclic amines) is 1. The molecular formula is C13H25N3S. The fraction of sp³-hybridized carbons (Fsp3) is 0.923. The quantitative estimate of drug-likeness (QED) is 0.773. The standard InChI is InChI=1S/C13H25N3S/c1-15-8-7-11(9-15)10-16(2)13(17)14-12-5-3-4-6-12/h11-12H,3-10H2,1-2H3,(H,14,17). The Morgan fingerprint density at radius 3 is 2.65 bits per heavy atom. The van der Waals surface area contributed by atoms with E-state index in [0.29, 0.717) is 6.04 Å². The lowest BCUT2D eigenvalue weighted by Gasteiger charge is -2.26. The Hall–Kier alpha value is -0.350. The number of rotatable bonds is 3. The summed E-state index contributed by atoms with van der Waals surface area (Å²) in [7, 11) is 4.33. The van der Waals surface area contributed by atoms with Gasteiger partial charge in [-0.1, -0.05) is 12.8 Å². The highest BCUT2D eigenvalue weighted by molar-refractivity contribution is 7.80. The Bertz CT molecular complexity index is 263. The lowest BCUT2D eigenvalue weighted by atomic mass is 10.1. The maximum atomic E-state index is 5.48. The van der Waals surface area contributed by atoms with Crippen molar-refractivity contribution in [2.75, 3.05) is 33.7 Å². The molecule has 2 rings (SSSR count). The minimum atomic E-state index is 0.635. The van der Waals surface area contributed by atoms with Crippen molar-refractivity contribution in [3.05, 3.63) is 0 Å². The van der Waals surface area contributed by atoms with Crippen LogP contribution in [-0.2, 0) is 0 Å². The third-order valence-corrected chi connectivity index (χ3v) is 4.48. The zero-order valence-corrected chi connectivity index (χ0v) is 11.9. The minimum absolute atomic E-state index is 0.635. The molecule has 2 aliphatic rings. The molecule has 0 spiro atoms. The van der Waals surface area contributed by atoms with Crippen LogP contribution in [0.3, 0.4) is 0 Å². The normalized spacial score (nSPS) is 26.4. The van der Waals surface area contributed by atoms with Crippen molar-refractivity contribution in [2.24, 2.45) is 5.92 Å². The van der Waals surface area contributed by atoms with Crippen LogP contribution in [0, 0.1) is 5.92 Å². The van der Waals surface area contributed by atoms with Crippen molar-refractivity contribution in [2.45, 2.75) is 38.1 Å². The van der Waals surface area contributed by atoms with Gasteiger partial charge in [-0.25, -0.2) is 0 Å². The Kier molecular flexibility index (Phi) is 4.62. The molecule has 17 heavy (non-hydrogen) atoms. The number of hydrogen-bond acceptors (Lipinski definition) is 2. The van der Waals surface area contributed by atoms with E-state index in [4.69, 9.17) is 12.2 Å². The topological polar surface area (TPSA) is 18.5 Å². The summed E-state index contributed by atoms with van der Waals surface area (Å²) < 4.78 is 0. The summed E-state index contributed by atoms with van der Waals surface area (Å²) >= 11 is 5.48. The molecule has 1 atom stereocenters. The van der Waals surface area contributed by atoms with Crippen molar-refractivity contribution in [3.63, 3.8) is 0 Å². The molecule has 1 aliphatic heterocycles. The average molecular weight is 255 g/mol. The van der Waals surface area contributed by atoms with Gasteiger partial charge in [0.25, 0.3) is 0 Å². The van der Waals surface area contributed by atoms with Gasteiger partial charge in [0.05, 0.1) is 0 Å². The first-order chi connectivity index (χ1) is 8.15. The predicted octanol–water partition coefficient (Wildman–Crippen LogP) is 1.69. The highest BCUT2D eigenvalue weighted by Crippen LogP contribution is 2.18. The predicted molar refractivity (Wildman–Crippen MR) is 76.2 cm³/mol. The molecule has 1 saturated carbocycles. The number of nitrogens with zero attached hydrogens (tertiary/aromatic N) is 2. The summed E-state index contributed by atoms with van der Waals surface area (Å²) in [6.45, 7) is 3.56. The van der Waals surface area contributed by atoms with E-state index in [1.165, 1.54) is 45.2 Å². The fourth-order valence-corrected chi connectivity index (χ4v) is 3.24. The molecule has 1 aliphatic carbocycles. The number of thiocarbonyl (C=S) groups is 1. The van der Waals surface area contributed by atoms with Gasteiger partial charge in [0, 0.05) is 26.2 Å². The van der Waals surface area contributed by atoms with Gasteiger partial charge in [-0.15, -0.1) is 0 Å². The second kappa shape index (κ2) is 6.01. The first kappa shape index (κ1) is 13.1. The second-order valence-corrected chi connectivity index (χ2v) is 6.12. The van der Waals surface area contributed by atoms with Crippen LogP contribution in [0.15, 0.2) is 0 Å². The minimum Gasteiger partial charge on any atom is -0.360 e. The molecule has 1 unspecified atom stereocenters. The van der Waals surface area contributed by atoms with Crippen LogP contribution in [0.25, 0.3) is 0 Å². The van der Waals surface area contributed by atoms with Crippen LogP contribution in [0.5, 0.6) is 0 Å². The molecule has 0 aromatic carbocycles. The van der Waals surface area contributed by atoms with Crippen LogP contribution >= 0.6 is 12.2 Å². The Morgan fingerprint density at radius 2 is 2.06 bits per heavy atom. The number of hydrogen-bond donors (Lipinski definition) is 1. The second-order valence-electron chi connectivity index (χ2n) is 5.73. The maximum Gasteiger partial charge on any atom is 0.168 e. The van der Waals surface area contributed by atoms with Crippen molar-refractivity contribution >= 4 is 17.3 Å². The summed E-state index contributed by atoms with van der Waals surface area (Å²) in [5.41, 5.74) is 0. The molecule has 3 nitrogen and oxygen atoms in total. The molecule has 4 heteroatoms. The lowest BCUT2D eigenvalue weighted by molar-refractivity contribution is 0.351. The van der Waals surface area contributed by atoms with Gasteiger partial charge in [-0.05, 0) is 51.0 Å². The molecule has 0 aromatic rings. The van der Waals surface area contributed by atoms with Gasteiger partial charge in [0.15, 0.2) is 5.11 Å². The summed E-state index contributed by atoms with van der Waals surface area (Å²) in [4.78, 5) is 4.64. The first-order valence-corrected chi connectivity index (χ1v) is 7.26. The molecule has 1 heterocycles. The molecule has 98 valence electrons. The van der Waals surface area contributed by atoms with Crippen molar-refractivity contribution in [3.8, 4) is 0 Å². The van der Waals surface area contributed by atoms with E-state index in [1.807, 2.05) is 0 Å². The third kappa shape index (κ3) is 3.81. The van der Waals surface area contributed by atoms with Gasteiger partial charge >= 0.3 is 0 Å². The third-order valence-electron chi connectivity index (χ3n) is 4.05. The van der Waals surface area contributed by atoms with Crippen LogP contribution in [0.1, 0.15) is 32.1 Å². The molecule has 0 radical (unpaired) electrons. The van der Waals surface area contributed by atoms with Crippen LogP contribution in [-0.4, -0.2) is 54.7 Å². The highest BCUT2D eigenvalue weighted by atomic mass is 32.1. The van der Waals surface area contributed by atoms with E-state index < -0.39 is 0 Å². The highest BCUT2D eigenvalue weighted by Gasteiger charge is 2.22. The molecule has 0 aromatic heterocycles. The molecule has 1 N–H and O–H groups in total. The largest absolute Gasteiger partial charge is 0.360 e. The lowest BCUT2D eigenvalue weighted by Crippen LogP contribution is -2.43. The molecular weight excluding hydrogens is 230 g/mol. The fourth-order valence-electron chi connectivity index (χ4n) is 3.00. The van der Waals surface area contributed by atoms with Crippen molar-refractivity contribution < 1.29 is 0 Å². The van der Waals surface area contributed by atoms with E-state index in [9.17, 15) is 0 Å². The van der Waals surface area contributed by atoms with Crippen LogP contribution in [0.2, 0.25) is 0 Å². The van der Waals surface area contributed by atoms with E-state index in [1.54, 1.807) is 0 Å². The summed E-state index contributed by atoms with van der Waals surface area (Å²) in [5.74, 6) is 0.785. The van der Waals surface area contributed by atoms with Crippen LogP contribution < -0.4 is 5.32 Å². The summed E-state index contributed by atoms with van der Waals surface area (Å²) in [6.07, 6.45) is 6.61. The zero-order valence-electron chi connectivity index (χ0n) is 11.1. The number of nitrogens with one attached hydrogen (secondary N) is 1. The SMILES string of the molecule is CN1CCC(CN(C)C(=S)NC2CCCC2)C1. The smallest absolute Gasteiger partial charge is 0.168 e. The van der Waals surface area contributed by atoms with Crippen LogP contribution in [0.4, 0.5) is 0 Å². The molecule has 0 amide bonds.